The number of rotatable bonds is 11. The SMILES string of the molecule is CC(C)(C)C(=O)Nc1cc(C(=O)Nc2cccc(/C=C\C(=O)c3ccccc3)c2)cc(C(=O)Nc2cccc(/C=C/C(=O)c3ccccc3)c2)c1. The summed E-state index contributed by atoms with van der Waals surface area (Å²) in [7, 11) is 0. The molecule has 5 aromatic rings. The Labute approximate surface area is 296 Å². The van der Waals surface area contributed by atoms with Crippen LogP contribution in [0.3, 0.4) is 0 Å². The molecule has 5 aromatic carbocycles. The summed E-state index contributed by atoms with van der Waals surface area (Å²) < 4.78 is 0. The van der Waals surface area contributed by atoms with Gasteiger partial charge in [0.2, 0.25) is 5.91 Å². The predicted molar refractivity (Wildman–Crippen MR) is 203 cm³/mol. The molecule has 3 amide bonds. The Morgan fingerprint density at radius 1 is 0.451 bits per heavy atom. The van der Waals surface area contributed by atoms with Gasteiger partial charge in [-0.3, -0.25) is 24.0 Å². The third-order valence-electron chi connectivity index (χ3n) is 7.66. The first-order chi connectivity index (χ1) is 24.4. The molecule has 0 unspecified atom stereocenters. The number of amides is 3. The number of anilines is 3. The van der Waals surface area contributed by atoms with Crippen LogP contribution < -0.4 is 16.0 Å². The fraction of sp³-hybridized carbons (Fsp3) is 0.0930. The smallest absolute Gasteiger partial charge is 0.255 e. The van der Waals surface area contributed by atoms with E-state index in [0.717, 1.165) is 0 Å². The zero-order valence-corrected chi connectivity index (χ0v) is 28.5. The van der Waals surface area contributed by atoms with Gasteiger partial charge in [-0.2, -0.15) is 0 Å². The lowest BCUT2D eigenvalue weighted by molar-refractivity contribution is -0.123. The van der Waals surface area contributed by atoms with Crippen molar-refractivity contribution in [2.45, 2.75) is 20.8 Å². The first-order valence-corrected chi connectivity index (χ1v) is 16.3. The Morgan fingerprint density at radius 2 is 0.882 bits per heavy atom. The molecule has 0 saturated carbocycles. The van der Waals surface area contributed by atoms with E-state index in [2.05, 4.69) is 16.0 Å². The van der Waals surface area contributed by atoms with E-state index in [4.69, 9.17) is 0 Å². The Morgan fingerprint density at radius 3 is 1.29 bits per heavy atom. The largest absolute Gasteiger partial charge is 0.326 e. The highest BCUT2D eigenvalue weighted by Crippen LogP contribution is 2.23. The molecule has 0 spiro atoms. The Balaban J connectivity index is 1.35. The minimum atomic E-state index is -0.730. The zero-order chi connectivity index (χ0) is 36.4. The van der Waals surface area contributed by atoms with E-state index in [1.165, 1.54) is 30.4 Å². The first-order valence-electron chi connectivity index (χ1n) is 16.3. The average molecular weight is 676 g/mol. The average Bonchev–Trinajstić information content (AvgIpc) is 3.13. The maximum absolute atomic E-state index is 13.6. The second kappa shape index (κ2) is 16.2. The standard InChI is InChI=1S/C43H37N3O5/c1-43(2,3)42(51)46-37-27-33(40(49)44-35-18-10-12-29(24-35)20-22-38(47)31-14-6-4-7-15-31)26-34(28-37)41(50)45-36-19-11-13-30(25-36)21-23-39(48)32-16-8-5-9-17-32/h4-28H,1-3H3,(H,44,49)(H,45,50)(H,46,51)/b22-20-,23-21+. The first kappa shape index (κ1) is 35.6. The van der Waals surface area contributed by atoms with Crippen LogP contribution in [0.4, 0.5) is 17.1 Å². The van der Waals surface area contributed by atoms with Crippen LogP contribution in [0.15, 0.2) is 140 Å². The van der Waals surface area contributed by atoms with Crippen molar-refractivity contribution in [2.24, 2.45) is 5.41 Å². The van der Waals surface area contributed by atoms with Crippen LogP contribution in [0.1, 0.15) is 73.3 Å². The number of allylic oxidation sites excluding steroid dienone is 2. The van der Waals surface area contributed by atoms with E-state index in [-0.39, 0.29) is 34.3 Å². The Bertz CT molecular complexity index is 2010. The van der Waals surface area contributed by atoms with Crippen LogP contribution in [0, 0.1) is 5.41 Å². The summed E-state index contributed by atoms with van der Waals surface area (Å²) in [5.74, 6) is -1.60. The summed E-state index contributed by atoms with van der Waals surface area (Å²) in [5.41, 5.74) is 3.31. The molecular weight excluding hydrogens is 638 g/mol. The molecule has 3 N–H and O–H groups in total. The molecule has 8 nitrogen and oxygen atoms in total. The van der Waals surface area contributed by atoms with Crippen LogP contribution in [-0.4, -0.2) is 29.3 Å². The number of hydrogen-bond donors (Lipinski definition) is 3. The highest BCUT2D eigenvalue weighted by atomic mass is 16.2. The number of carbonyl (C=O) groups is 5. The molecule has 0 aliphatic rings. The summed E-state index contributed by atoms with van der Waals surface area (Å²) in [6.07, 6.45) is 6.28. The van der Waals surface area contributed by atoms with Gasteiger partial charge >= 0.3 is 0 Å². The summed E-state index contributed by atoms with van der Waals surface area (Å²) in [6, 6.07) is 36.3. The highest BCUT2D eigenvalue weighted by Gasteiger charge is 2.23. The third-order valence-corrected chi connectivity index (χ3v) is 7.66. The van der Waals surface area contributed by atoms with Crippen molar-refractivity contribution in [3.63, 3.8) is 0 Å². The van der Waals surface area contributed by atoms with Crippen molar-refractivity contribution in [1.29, 1.82) is 0 Å². The van der Waals surface area contributed by atoms with Gasteiger partial charge in [-0.05, 0) is 65.7 Å². The lowest BCUT2D eigenvalue weighted by Crippen LogP contribution is -2.28. The van der Waals surface area contributed by atoms with Crippen molar-refractivity contribution >= 4 is 58.5 Å². The second-order valence-electron chi connectivity index (χ2n) is 12.8. The van der Waals surface area contributed by atoms with Gasteiger partial charge in [-0.25, -0.2) is 0 Å². The van der Waals surface area contributed by atoms with E-state index in [1.807, 2.05) is 24.3 Å². The fourth-order valence-electron chi connectivity index (χ4n) is 4.87. The molecule has 0 saturated heterocycles. The van der Waals surface area contributed by atoms with E-state index < -0.39 is 17.2 Å². The van der Waals surface area contributed by atoms with E-state index in [1.54, 1.807) is 118 Å². The number of carbonyl (C=O) groups excluding carboxylic acids is 5. The lowest BCUT2D eigenvalue weighted by Gasteiger charge is -2.19. The molecule has 0 bridgehead atoms. The molecule has 0 aromatic heterocycles. The van der Waals surface area contributed by atoms with Crippen molar-refractivity contribution < 1.29 is 24.0 Å². The third kappa shape index (κ3) is 10.2. The van der Waals surface area contributed by atoms with Gasteiger partial charge < -0.3 is 16.0 Å². The van der Waals surface area contributed by atoms with Crippen molar-refractivity contribution in [2.75, 3.05) is 16.0 Å². The molecule has 254 valence electrons. The van der Waals surface area contributed by atoms with Gasteiger partial charge in [0.15, 0.2) is 11.6 Å². The summed E-state index contributed by atoms with van der Waals surface area (Å²) in [6.45, 7) is 5.28. The summed E-state index contributed by atoms with van der Waals surface area (Å²) >= 11 is 0. The number of nitrogens with one attached hydrogen (secondary N) is 3. The Hall–Kier alpha value is -6.67. The van der Waals surface area contributed by atoms with Crippen molar-refractivity contribution in [1.82, 2.24) is 0 Å². The van der Waals surface area contributed by atoms with Gasteiger partial charge in [0.05, 0.1) is 0 Å². The fourth-order valence-corrected chi connectivity index (χ4v) is 4.87. The zero-order valence-electron chi connectivity index (χ0n) is 28.5. The van der Waals surface area contributed by atoms with Gasteiger partial charge in [0.1, 0.15) is 0 Å². The molecular formula is C43H37N3O5. The van der Waals surface area contributed by atoms with Crippen LogP contribution in [0.5, 0.6) is 0 Å². The second-order valence-corrected chi connectivity index (χ2v) is 12.8. The predicted octanol–water partition coefficient (Wildman–Crippen LogP) is 8.97. The Kier molecular flexibility index (Phi) is 11.3. The topological polar surface area (TPSA) is 121 Å². The number of hydrogen-bond acceptors (Lipinski definition) is 5. The number of benzene rings is 5. The minimum Gasteiger partial charge on any atom is -0.326 e. The van der Waals surface area contributed by atoms with Gasteiger partial charge in [-0.1, -0.05) is 118 Å². The molecule has 0 fully saturated rings. The van der Waals surface area contributed by atoms with E-state index >= 15 is 0 Å². The maximum Gasteiger partial charge on any atom is 0.255 e. The lowest BCUT2D eigenvalue weighted by atomic mass is 9.95. The van der Waals surface area contributed by atoms with E-state index in [0.29, 0.717) is 33.6 Å². The molecule has 0 heterocycles. The molecule has 8 heteroatoms. The van der Waals surface area contributed by atoms with Gasteiger partial charge in [-0.15, -0.1) is 0 Å². The van der Waals surface area contributed by atoms with Crippen molar-refractivity contribution in [3.8, 4) is 0 Å². The molecule has 0 radical (unpaired) electrons. The monoisotopic (exact) mass is 675 g/mol. The van der Waals surface area contributed by atoms with Gasteiger partial charge in [0, 0.05) is 44.7 Å². The highest BCUT2D eigenvalue weighted by molar-refractivity contribution is 6.11. The molecule has 51 heavy (non-hydrogen) atoms. The molecule has 0 aliphatic heterocycles. The molecule has 5 rings (SSSR count). The molecule has 0 atom stereocenters. The maximum atomic E-state index is 13.6. The number of ketones is 2. The van der Waals surface area contributed by atoms with Crippen LogP contribution in [0.2, 0.25) is 0 Å². The summed E-state index contributed by atoms with van der Waals surface area (Å²) in [4.78, 5) is 65.0. The van der Waals surface area contributed by atoms with Crippen LogP contribution in [-0.2, 0) is 4.79 Å². The quantitative estimate of drug-likeness (QED) is 0.0953. The van der Waals surface area contributed by atoms with Crippen LogP contribution in [0.25, 0.3) is 12.2 Å². The minimum absolute atomic E-state index is 0.142. The molecule has 0 aliphatic carbocycles. The van der Waals surface area contributed by atoms with Gasteiger partial charge in [0.25, 0.3) is 11.8 Å². The summed E-state index contributed by atoms with van der Waals surface area (Å²) in [5, 5.41) is 8.52. The van der Waals surface area contributed by atoms with Crippen molar-refractivity contribution in [3.05, 3.63) is 173 Å². The van der Waals surface area contributed by atoms with E-state index in [9.17, 15) is 24.0 Å². The van der Waals surface area contributed by atoms with Crippen LogP contribution >= 0.6 is 0 Å². The normalized spacial score (nSPS) is 11.3.